The molecule has 1 saturated heterocycles. The molecule has 4 rings (SSSR count). The number of methoxy groups -OCH3 is 1. The van der Waals surface area contributed by atoms with Gasteiger partial charge in [0, 0.05) is 38.2 Å². The lowest BCUT2D eigenvalue weighted by Crippen LogP contribution is -2.41. The molecule has 2 aromatic carbocycles. The molecule has 0 aromatic heterocycles. The number of sulfonamides is 1. The van der Waals surface area contributed by atoms with E-state index in [1.54, 1.807) is 42.3 Å². The molecule has 8 nitrogen and oxygen atoms in total. The Bertz CT molecular complexity index is 1160. The summed E-state index contributed by atoms with van der Waals surface area (Å²) in [6.45, 7) is 2.73. The number of carbonyl (C=O) groups is 2. The van der Waals surface area contributed by atoms with Crippen molar-refractivity contribution in [3.8, 4) is 5.75 Å². The normalized spacial score (nSPS) is 17.3. The fourth-order valence-electron chi connectivity index (χ4n) is 4.55. The molecule has 0 bridgehead atoms. The summed E-state index contributed by atoms with van der Waals surface area (Å²) in [5.74, 6) is 0.144. The number of carbonyl (C=O) groups excluding carboxylic acids is 2. The van der Waals surface area contributed by atoms with Crippen molar-refractivity contribution in [1.82, 2.24) is 4.31 Å². The molecular formula is C24H29N3O5S. The average Bonchev–Trinajstić information content (AvgIpc) is 2.83. The van der Waals surface area contributed by atoms with Crippen molar-refractivity contribution in [2.75, 3.05) is 37.0 Å². The fourth-order valence-corrected chi connectivity index (χ4v) is 6.07. The minimum Gasteiger partial charge on any atom is -0.495 e. The first-order chi connectivity index (χ1) is 15.8. The third kappa shape index (κ3) is 4.74. The summed E-state index contributed by atoms with van der Waals surface area (Å²) in [6, 6.07) is 12.2. The van der Waals surface area contributed by atoms with E-state index >= 15 is 0 Å². The van der Waals surface area contributed by atoms with E-state index < -0.39 is 10.0 Å². The molecule has 2 aromatic rings. The molecule has 0 saturated carbocycles. The molecule has 0 aliphatic carbocycles. The summed E-state index contributed by atoms with van der Waals surface area (Å²) in [6.07, 6.45) is 2.45. The van der Waals surface area contributed by atoms with Gasteiger partial charge in [0.05, 0.1) is 17.7 Å². The van der Waals surface area contributed by atoms with Gasteiger partial charge >= 0.3 is 0 Å². The monoisotopic (exact) mass is 471 g/mol. The second-order valence-electron chi connectivity index (χ2n) is 8.43. The van der Waals surface area contributed by atoms with Crippen LogP contribution in [-0.2, 0) is 26.0 Å². The number of fused-ring (bicyclic) bond motifs is 1. The number of hydrogen-bond donors (Lipinski definition) is 1. The van der Waals surface area contributed by atoms with Gasteiger partial charge in [-0.25, -0.2) is 8.42 Å². The third-order valence-electron chi connectivity index (χ3n) is 6.38. The number of rotatable bonds is 5. The number of amides is 2. The number of ether oxygens (including phenoxy) is 1. The lowest BCUT2D eigenvalue weighted by molar-refractivity contribution is -0.121. The van der Waals surface area contributed by atoms with Crippen LogP contribution in [0.25, 0.3) is 0 Å². The van der Waals surface area contributed by atoms with Crippen molar-refractivity contribution < 1.29 is 22.7 Å². The second kappa shape index (κ2) is 9.52. The van der Waals surface area contributed by atoms with E-state index in [2.05, 4.69) is 5.32 Å². The van der Waals surface area contributed by atoms with Crippen molar-refractivity contribution in [2.24, 2.45) is 5.92 Å². The van der Waals surface area contributed by atoms with Crippen LogP contribution in [0.2, 0.25) is 0 Å². The van der Waals surface area contributed by atoms with Crippen LogP contribution in [0.15, 0.2) is 47.4 Å². The van der Waals surface area contributed by atoms with E-state index in [0.717, 1.165) is 24.1 Å². The Balaban J connectivity index is 1.43. The predicted octanol–water partition coefficient (Wildman–Crippen LogP) is 3.03. The van der Waals surface area contributed by atoms with Crippen LogP contribution < -0.4 is 15.0 Å². The van der Waals surface area contributed by atoms with Gasteiger partial charge in [-0.3, -0.25) is 9.59 Å². The van der Waals surface area contributed by atoms with Gasteiger partial charge in [0.2, 0.25) is 21.8 Å². The van der Waals surface area contributed by atoms with Gasteiger partial charge in [0.15, 0.2) is 0 Å². The second-order valence-corrected chi connectivity index (χ2v) is 10.4. The number of nitrogens with zero attached hydrogens (tertiary/aromatic N) is 2. The summed E-state index contributed by atoms with van der Waals surface area (Å²) in [7, 11) is -2.13. The van der Waals surface area contributed by atoms with Gasteiger partial charge in [-0.2, -0.15) is 4.31 Å². The molecule has 0 atom stereocenters. The summed E-state index contributed by atoms with van der Waals surface area (Å²) in [4.78, 5) is 26.6. The smallest absolute Gasteiger partial charge is 0.243 e. The van der Waals surface area contributed by atoms with Gasteiger partial charge in [0.25, 0.3) is 0 Å². The molecule has 2 amide bonds. The van der Waals surface area contributed by atoms with Crippen LogP contribution in [-0.4, -0.2) is 51.3 Å². The first kappa shape index (κ1) is 23.3. The standard InChI is InChI=1S/C24H29N3O5S/c1-17(28)27-13-5-6-19-16-20(9-10-22(19)27)33(30,31)26-14-11-18(12-15-26)24(29)25-21-7-3-4-8-23(21)32-2/h3-4,7-10,16,18H,5-6,11-15H2,1-2H3,(H,25,29). The van der Waals surface area contributed by atoms with E-state index in [9.17, 15) is 18.0 Å². The summed E-state index contributed by atoms with van der Waals surface area (Å²) in [5, 5.41) is 2.90. The molecule has 2 aliphatic rings. The van der Waals surface area contributed by atoms with Crippen LogP contribution in [0.5, 0.6) is 5.75 Å². The molecule has 2 aliphatic heterocycles. The molecular weight excluding hydrogens is 442 g/mol. The van der Waals surface area contributed by atoms with Crippen LogP contribution in [0, 0.1) is 5.92 Å². The van der Waals surface area contributed by atoms with Crippen molar-refractivity contribution in [1.29, 1.82) is 0 Å². The molecule has 0 radical (unpaired) electrons. The highest BCUT2D eigenvalue weighted by Gasteiger charge is 2.33. The molecule has 2 heterocycles. The lowest BCUT2D eigenvalue weighted by Gasteiger charge is -2.32. The van der Waals surface area contributed by atoms with Gasteiger partial charge < -0.3 is 15.0 Å². The predicted molar refractivity (Wildman–Crippen MR) is 126 cm³/mol. The van der Waals surface area contributed by atoms with Crippen LogP contribution in [0.1, 0.15) is 31.7 Å². The van der Waals surface area contributed by atoms with Crippen LogP contribution in [0.3, 0.4) is 0 Å². The van der Waals surface area contributed by atoms with Gasteiger partial charge in [-0.15, -0.1) is 0 Å². The summed E-state index contributed by atoms with van der Waals surface area (Å²) < 4.78 is 33.3. The topological polar surface area (TPSA) is 96.0 Å². The quantitative estimate of drug-likeness (QED) is 0.723. The molecule has 1 fully saturated rings. The fraction of sp³-hybridized carbons (Fsp3) is 0.417. The van der Waals surface area contributed by atoms with E-state index in [4.69, 9.17) is 4.74 Å². The van der Waals surface area contributed by atoms with E-state index in [1.165, 1.54) is 11.2 Å². The highest BCUT2D eigenvalue weighted by Crippen LogP contribution is 2.32. The molecule has 9 heteroatoms. The maximum absolute atomic E-state index is 13.3. The zero-order chi connectivity index (χ0) is 23.6. The Morgan fingerprint density at radius 3 is 2.48 bits per heavy atom. The zero-order valence-corrected chi connectivity index (χ0v) is 19.7. The van der Waals surface area contributed by atoms with E-state index in [0.29, 0.717) is 30.8 Å². The van der Waals surface area contributed by atoms with Crippen molar-refractivity contribution in [3.05, 3.63) is 48.0 Å². The van der Waals surface area contributed by atoms with Gasteiger partial charge in [0.1, 0.15) is 5.75 Å². The number of anilines is 2. The van der Waals surface area contributed by atoms with Gasteiger partial charge in [-0.05, 0) is 61.6 Å². The highest BCUT2D eigenvalue weighted by atomic mass is 32.2. The molecule has 0 unspecified atom stereocenters. The number of para-hydroxylation sites is 2. The van der Waals surface area contributed by atoms with Gasteiger partial charge in [-0.1, -0.05) is 12.1 Å². The molecule has 176 valence electrons. The van der Waals surface area contributed by atoms with Crippen molar-refractivity contribution in [2.45, 2.75) is 37.5 Å². The average molecular weight is 472 g/mol. The molecule has 33 heavy (non-hydrogen) atoms. The SMILES string of the molecule is COc1ccccc1NC(=O)C1CCN(S(=O)(=O)c2ccc3c(c2)CCCN3C(C)=O)CC1. The first-order valence-electron chi connectivity index (χ1n) is 11.2. The van der Waals surface area contributed by atoms with E-state index in [-0.39, 0.29) is 35.7 Å². The molecule has 0 spiro atoms. The minimum atomic E-state index is -3.67. The Morgan fingerprint density at radius 2 is 1.79 bits per heavy atom. The number of piperidine rings is 1. The third-order valence-corrected chi connectivity index (χ3v) is 8.27. The van der Waals surface area contributed by atoms with E-state index in [1.807, 2.05) is 12.1 Å². The highest BCUT2D eigenvalue weighted by molar-refractivity contribution is 7.89. The number of benzene rings is 2. The largest absolute Gasteiger partial charge is 0.495 e. The Morgan fingerprint density at radius 1 is 1.06 bits per heavy atom. The maximum Gasteiger partial charge on any atom is 0.243 e. The maximum atomic E-state index is 13.3. The lowest BCUT2D eigenvalue weighted by atomic mass is 9.97. The van der Waals surface area contributed by atoms with Crippen molar-refractivity contribution in [3.63, 3.8) is 0 Å². The van der Waals surface area contributed by atoms with Crippen LogP contribution >= 0.6 is 0 Å². The number of nitrogens with one attached hydrogen (secondary N) is 1. The van der Waals surface area contributed by atoms with Crippen molar-refractivity contribution >= 4 is 33.2 Å². The number of hydrogen-bond acceptors (Lipinski definition) is 5. The Labute approximate surface area is 194 Å². The van der Waals surface area contributed by atoms with Crippen LogP contribution in [0.4, 0.5) is 11.4 Å². The molecule has 1 N–H and O–H groups in total. The zero-order valence-electron chi connectivity index (χ0n) is 18.9. The summed E-state index contributed by atoms with van der Waals surface area (Å²) >= 11 is 0. The minimum absolute atomic E-state index is 0.0416. The Kier molecular flexibility index (Phi) is 6.71. The summed E-state index contributed by atoms with van der Waals surface area (Å²) in [5.41, 5.74) is 2.27. The first-order valence-corrected chi connectivity index (χ1v) is 12.6. The Hall–Kier alpha value is -2.91. The number of aryl methyl sites for hydroxylation is 1.